The number of aromatic nitrogens is 4. The van der Waals surface area contributed by atoms with E-state index in [4.69, 9.17) is 6.57 Å². The van der Waals surface area contributed by atoms with Gasteiger partial charge in [0.1, 0.15) is 11.3 Å². The minimum absolute atomic E-state index is 0.0290. The molecule has 2 aromatic heterocycles. The Bertz CT molecular complexity index is 1760. The number of alkyl halides is 3. The summed E-state index contributed by atoms with van der Waals surface area (Å²) < 4.78 is 45.7. The molecule has 5 rings (SSSR count). The highest BCUT2D eigenvalue weighted by Gasteiger charge is 2.33. The fourth-order valence-electron chi connectivity index (χ4n) is 6.01. The van der Waals surface area contributed by atoms with Gasteiger partial charge < -0.3 is 9.80 Å². The lowest BCUT2D eigenvalue weighted by molar-refractivity contribution is -0.897. The van der Waals surface area contributed by atoms with Gasteiger partial charge in [0, 0.05) is 13.6 Å². The molecule has 1 aliphatic carbocycles. The van der Waals surface area contributed by atoms with Gasteiger partial charge in [-0.3, -0.25) is 14.3 Å². The first-order chi connectivity index (χ1) is 20.8. The maximum Gasteiger partial charge on any atom is 0.416 e. The van der Waals surface area contributed by atoms with Gasteiger partial charge in [-0.1, -0.05) is 18.2 Å². The maximum atomic E-state index is 14.0. The van der Waals surface area contributed by atoms with E-state index < -0.39 is 23.2 Å². The summed E-state index contributed by atoms with van der Waals surface area (Å²) in [4.78, 5) is 31.2. The van der Waals surface area contributed by atoms with Gasteiger partial charge in [-0.15, -0.1) is 0 Å². The summed E-state index contributed by atoms with van der Waals surface area (Å²) in [7, 11) is 8.08. The molecule has 2 heterocycles. The molecule has 1 aliphatic rings. The molecule has 9 nitrogen and oxygen atoms in total. The van der Waals surface area contributed by atoms with Gasteiger partial charge >= 0.3 is 6.18 Å². The first kappa shape index (κ1) is 30.8. The molecule has 0 bridgehead atoms. The second kappa shape index (κ2) is 11.8. The predicted octanol–water partition coefficient (Wildman–Crippen LogP) is 5.59. The average molecular weight is 607 g/mol. The van der Waals surface area contributed by atoms with Crippen LogP contribution in [0.15, 0.2) is 65.6 Å². The lowest BCUT2D eigenvalue weighted by Gasteiger charge is -2.38. The molecule has 0 aliphatic heterocycles. The third-order valence-electron chi connectivity index (χ3n) is 8.48. The van der Waals surface area contributed by atoms with Gasteiger partial charge in [-0.25, -0.2) is 14.2 Å². The number of hydrogen-bond acceptors (Lipinski definition) is 3. The molecular formula is C32H35F3N7O2+. The van der Waals surface area contributed by atoms with E-state index in [0.29, 0.717) is 29.7 Å². The number of nitrogens with one attached hydrogen (secondary N) is 1. The molecule has 1 saturated carbocycles. The van der Waals surface area contributed by atoms with Crippen molar-refractivity contribution in [2.24, 2.45) is 13.0 Å². The summed E-state index contributed by atoms with van der Waals surface area (Å²) in [5.41, 5.74) is -0.277. The highest BCUT2D eigenvalue weighted by molar-refractivity contribution is 5.99. The van der Waals surface area contributed by atoms with Crippen LogP contribution < -0.4 is 10.9 Å². The zero-order valence-corrected chi connectivity index (χ0v) is 25.1. The van der Waals surface area contributed by atoms with Crippen LogP contribution in [0.1, 0.15) is 41.6 Å². The monoisotopic (exact) mass is 606 g/mol. The predicted molar refractivity (Wildman–Crippen MR) is 161 cm³/mol. The number of quaternary nitrogens is 1. The summed E-state index contributed by atoms with van der Waals surface area (Å²) >= 11 is 0. The van der Waals surface area contributed by atoms with Gasteiger partial charge in [0.25, 0.3) is 11.5 Å². The second-order valence-corrected chi connectivity index (χ2v) is 12.2. The van der Waals surface area contributed by atoms with E-state index >= 15 is 0 Å². The zero-order chi connectivity index (χ0) is 31.8. The molecule has 0 atom stereocenters. The molecule has 1 fully saturated rings. The standard InChI is InChI=1S/C32H34F3N7O2/c1-36-23-11-13-24(14-12-23)40-27(17-18-38-40)29-28(30(43)37-20-21-9-15-26(16-10-21)42(3,4)5)31(44)41(39(29)2)25-8-6-7-22(19-25)32(33,34)35/h6-8,11-14,17-19,21,26H,9-10,15-16,20H2,2-5H3/p+1. The normalized spacial score (nSPS) is 17.3. The topological polar surface area (TPSA) is 78.2 Å². The summed E-state index contributed by atoms with van der Waals surface area (Å²) in [6, 6.07) is 13.3. The first-order valence-electron chi connectivity index (χ1n) is 14.4. The third-order valence-corrected chi connectivity index (χ3v) is 8.48. The number of hydrogen-bond donors (Lipinski definition) is 1. The van der Waals surface area contributed by atoms with Crippen LogP contribution >= 0.6 is 0 Å². The minimum atomic E-state index is -4.62. The van der Waals surface area contributed by atoms with E-state index in [1.807, 2.05) is 0 Å². The molecule has 1 N–H and O–H groups in total. The number of halogens is 3. The Balaban J connectivity index is 1.56. The molecule has 2 aromatic carbocycles. The van der Waals surface area contributed by atoms with Crippen molar-refractivity contribution in [3.8, 4) is 22.8 Å². The highest BCUT2D eigenvalue weighted by atomic mass is 19.4. The number of benzene rings is 2. The Kier molecular flexibility index (Phi) is 8.27. The number of nitrogens with zero attached hydrogens (tertiary/aromatic N) is 6. The molecule has 4 aromatic rings. The van der Waals surface area contributed by atoms with Gasteiger partial charge in [0.2, 0.25) is 0 Å². The fourth-order valence-corrected chi connectivity index (χ4v) is 6.01. The van der Waals surface area contributed by atoms with E-state index in [9.17, 15) is 22.8 Å². The number of carbonyl (C=O) groups is 1. The largest absolute Gasteiger partial charge is 0.416 e. The lowest BCUT2D eigenvalue weighted by Crippen LogP contribution is -2.47. The number of carbonyl (C=O) groups excluding carboxylic acids is 1. The van der Waals surface area contributed by atoms with Crippen LogP contribution in [0.4, 0.5) is 18.9 Å². The van der Waals surface area contributed by atoms with Crippen molar-refractivity contribution in [2.45, 2.75) is 37.9 Å². The quantitative estimate of drug-likeness (QED) is 0.220. The van der Waals surface area contributed by atoms with Crippen molar-refractivity contribution in [1.29, 1.82) is 0 Å². The molecule has 230 valence electrons. The van der Waals surface area contributed by atoms with Gasteiger partial charge in [-0.2, -0.15) is 18.3 Å². The molecule has 0 unspecified atom stereocenters. The van der Waals surface area contributed by atoms with Crippen LogP contribution in [0.3, 0.4) is 0 Å². The number of amides is 1. The lowest BCUT2D eigenvalue weighted by atomic mass is 9.85. The van der Waals surface area contributed by atoms with Crippen LogP contribution in [-0.4, -0.2) is 63.3 Å². The summed E-state index contributed by atoms with van der Waals surface area (Å²) in [5.74, 6) is -0.345. The maximum absolute atomic E-state index is 14.0. The van der Waals surface area contributed by atoms with E-state index in [0.717, 1.165) is 47.0 Å². The Labute approximate surface area is 253 Å². The Hall–Kier alpha value is -4.63. The van der Waals surface area contributed by atoms with E-state index in [2.05, 4.69) is 36.4 Å². The second-order valence-electron chi connectivity index (χ2n) is 12.2. The smallest absolute Gasteiger partial charge is 0.352 e. The third kappa shape index (κ3) is 6.05. The zero-order valence-electron chi connectivity index (χ0n) is 25.1. The van der Waals surface area contributed by atoms with E-state index in [1.165, 1.54) is 34.7 Å². The Morgan fingerprint density at radius 2 is 1.73 bits per heavy atom. The molecule has 1 amide bonds. The van der Waals surface area contributed by atoms with Crippen LogP contribution in [0, 0.1) is 12.5 Å². The van der Waals surface area contributed by atoms with Crippen molar-refractivity contribution >= 4 is 11.6 Å². The van der Waals surface area contributed by atoms with Gasteiger partial charge in [-0.05, 0) is 68.0 Å². The van der Waals surface area contributed by atoms with Crippen LogP contribution in [0.5, 0.6) is 0 Å². The molecule has 44 heavy (non-hydrogen) atoms. The van der Waals surface area contributed by atoms with E-state index in [1.54, 1.807) is 30.3 Å². The Morgan fingerprint density at radius 3 is 2.34 bits per heavy atom. The molecule has 0 radical (unpaired) electrons. The van der Waals surface area contributed by atoms with Gasteiger partial charge in [0.15, 0.2) is 5.69 Å². The fraction of sp³-hybridized carbons (Fsp3) is 0.375. The highest BCUT2D eigenvalue weighted by Crippen LogP contribution is 2.32. The molecule has 0 saturated heterocycles. The molecule has 0 spiro atoms. The summed E-state index contributed by atoms with van der Waals surface area (Å²) in [5, 5.41) is 7.35. The Morgan fingerprint density at radius 1 is 1.05 bits per heavy atom. The van der Waals surface area contributed by atoms with Crippen molar-refractivity contribution in [2.75, 3.05) is 27.7 Å². The summed E-state index contributed by atoms with van der Waals surface area (Å²) in [6.45, 7) is 7.61. The minimum Gasteiger partial charge on any atom is -0.352 e. The average Bonchev–Trinajstić information content (AvgIpc) is 3.57. The summed E-state index contributed by atoms with van der Waals surface area (Å²) in [6.07, 6.45) is 0.865. The molecular weight excluding hydrogens is 571 g/mol. The van der Waals surface area contributed by atoms with Crippen molar-refractivity contribution in [3.63, 3.8) is 0 Å². The SMILES string of the molecule is [C-]#[N+]c1ccc(-n2nccc2-c2c(C(=O)NCC3CCC([N+](C)(C)C)CC3)c(=O)n(-c3cccc(C(F)(F)F)c3)n2C)cc1. The van der Waals surface area contributed by atoms with Gasteiger partial charge in [0.05, 0.1) is 62.6 Å². The van der Waals surface area contributed by atoms with Crippen LogP contribution in [-0.2, 0) is 13.2 Å². The van der Waals surface area contributed by atoms with Crippen LogP contribution in [0.25, 0.3) is 27.6 Å². The van der Waals surface area contributed by atoms with Crippen LogP contribution in [0.2, 0.25) is 0 Å². The van der Waals surface area contributed by atoms with E-state index in [-0.39, 0.29) is 22.9 Å². The van der Waals surface area contributed by atoms with Crippen molar-refractivity contribution < 1.29 is 22.4 Å². The first-order valence-corrected chi connectivity index (χ1v) is 14.4. The molecule has 12 heteroatoms. The van der Waals surface area contributed by atoms with Crippen molar-refractivity contribution in [1.82, 2.24) is 24.5 Å². The van der Waals surface area contributed by atoms with Crippen molar-refractivity contribution in [3.05, 3.63) is 93.7 Å². The number of rotatable bonds is 7.